The lowest BCUT2D eigenvalue weighted by atomic mass is 10.0. The number of benzene rings is 2. The van der Waals surface area contributed by atoms with Gasteiger partial charge in [-0.1, -0.05) is 60.7 Å². The lowest BCUT2D eigenvalue weighted by Crippen LogP contribution is -2.37. The summed E-state index contributed by atoms with van der Waals surface area (Å²) >= 11 is 0. The Morgan fingerprint density at radius 3 is 2.42 bits per heavy atom. The van der Waals surface area contributed by atoms with Gasteiger partial charge in [0.2, 0.25) is 11.7 Å². The quantitative estimate of drug-likeness (QED) is 0.429. The second-order valence-electron chi connectivity index (χ2n) is 8.15. The normalized spacial score (nSPS) is 22.7. The summed E-state index contributed by atoms with van der Waals surface area (Å²) in [6.45, 7) is 1.15. The van der Waals surface area contributed by atoms with Gasteiger partial charge in [0.1, 0.15) is 18.1 Å². The predicted octanol–water partition coefficient (Wildman–Crippen LogP) is 3.05. The van der Waals surface area contributed by atoms with E-state index >= 15 is 0 Å². The number of anilines is 1. The zero-order valence-corrected chi connectivity index (χ0v) is 18.1. The standard InChI is InChI=1S/C25H26N4O4/c26-24-28-17-27-23-11-20(13-29(23)24)25(30)22(32-15-19-9-5-2-6-10-19)12-21(33-25)16-31-14-18-7-3-1-4-8-18/h1-11,13,17,21-22,30H,12,14-16H2,(H2,26,27,28)/t21-,22+,25?/m0/s1. The largest absolute Gasteiger partial charge is 0.374 e. The second-order valence-corrected chi connectivity index (χ2v) is 8.15. The molecule has 5 rings (SSSR count). The first-order valence-corrected chi connectivity index (χ1v) is 10.9. The first-order valence-electron chi connectivity index (χ1n) is 10.9. The average molecular weight is 447 g/mol. The molecule has 170 valence electrons. The average Bonchev–Trinajstić information content (AvgIpc) is 3.42. The van der Waals surface area contributed by atoms with E-state index in [2.05, 4.69) is 9.97 Å². The number of nitrogen functional groups attached to an aromatic ring is 1. The number of fused-ring (bicyclic) bond motifs is 1. The number of nitrogens with two attached hydrogens (primary N) is 1. The van der Waals surface area contributed by atoms with E-state index in [1.54, 1.807) is 16.7 Å². The zero-order chi connectivity index (χ0) is 22.7. The highest BCUT2D eigenvalue weighted by Gasteiger charge is 2.50. The molecule has 1 unspecified atom stereocenters. The van der Waals surface area contributed by atoms with Gasteiger partial charge in [0, 0.05) is 18.2 Å². The monoisotopic (exact) mass is 446 g/mol. The molecule has 1 saturated heterocycles. The number of rotatable bonds is 8. The molecule has 1 aliphatic heterocycles. The molecular formula is C25H26N4O4. The highest BCUT2D eigenvalue weighted by Crippen LogP contribution is 2.40. The fourth-order valence-electron chi connectivity index (χ4n) is 4.11. The third kappa shape index (κ3) is 4.60. The van der Waals surface area contributed by atoms with Crippen molar-refractivity contribution < 1.29 is 19.3 Å². The molecular weight excluding hydrogens is 420 g/mol. The zero-order valence-electron chi connectivity index (χ0n) is 18.1. The van der Waals surface area contributed by atoms with Crippen molar-refractivity contribution in [2.75, 3.05) is 12.3 Å². The summed E-state index contributed by atoms with van der Waals surface area (Å²) in [6, 6.07) is 21.5. The Bertz CT molecular complexity index is 1200. The Balaban J connectivity index is 1.35. The summed E-state index contributed by atoms with van der Waals surface area (Å²) in [6.07, 6.45) is 2.61. The van der Waals surface area contributed by atoms with Crippen molar-refractivity contribution in [3.8, 4) is 0 Å². The fourth-order valence-corrected chi connectivity index (χ4v) is 4.11. The molecule has 0 saturated carbocycles. The highest BCUT2D eigenvalue weighted by molar-refractivity contribution is 5.48. The third-order valence-electron chi connectivity index (χ3n) is 5.81. The van der Waals surface area contributed by atoms with Crippen LogP contribution in [0.3, 0.4) is 0 Å². The summed E-state index contributed by atoms with van der Waals surface area (Å²) in [5.41, 5.74) is 9.14. The summed E-state index contributed by atoms with van der Waals surface area (Å²) in [5, 5.41) is 11.7. The molecule has 8 nitrogen and oxygen atoms in total. The van der Waals surface area contributed by atoms with Crippen molar-refractivity contribution in [1.29, 1.82) is 0 Å². The van der Waals surface area contributed by atoms with E-state index in [9.17, 15) is 5.11 Å². The van der Waals surface area contributed by atoms with E-state index in [0.29, 0.717) is 37.5 Å². The molecule has 0 aliphatic carbocycles. The predicted molar refractivity (Wildman–Crippen MR) is 122 cm³/mol. The van der Waals surface area contributed by atoms with Crippen molar-refractivity contribution in [2.45, 2.75) is 37.6 Å². The molecule has 2 aromatic carbocycles. The van der Waals surface area contributed by atoms with Crippen LogP contribution in [-0.2, 0) is 33.2 Å². The number of hydrogen-bond donors (Lipinski definition) is 2. The van der Waals surface area contributed by atoms with Crippen molar-refractivity contribution in [3.05, 3.63) is 95.9 Å². The van der Waals surface area contributed by atoms with Crippen LogP contribution in [0.15, 0.2) is 79.3 Å². The molecule has 3 N–H and O–H groups in total. The van der Waals surface area contributed by atoms with Crippen molar-refractivity contribution in [3.63, 3.8) is 0 Å². The highest BCUT2D eigenvalue weighted by atomic mass is 16.7. The number of hydrogen-bond acceptors (Lipinski definition) is 7. The van der Waals surface area contributed by atoms with Gasteiger partial charge in [0.05, 0.1) is 25.9 Å². The van der Waals surface area contributed by atoms with Gasteiger partial charge >= 0.3 is 0 Å². The Labute approximate surface area is 191 Å². The maximum atomic E-state index is 11.7. The van der Waals surface area contributed by atoms with E-state index < -0.39 is 11.9 Å². The van der Waals surface area contributed by atoms with Gasteiger partial charge in [-0.15, -0.1) is 0 Å². The number of aliphatic hydroxyl groups is 1. The molecule has 4 aromatic rings. The lowest BCUT2D eigenvalue weighted by molar-refractivity contribution is -0.251. The molecule has 1 fully saturated rings. The van der Waals surface area contributed by atoms with Crippen LogP contribution in [0.2, 0.25) is 0 Å². The van der Waals surface area contributed by atoms with E-state index in [1.165, 1.54) is 6.33 Å². The molecule has 0 bridgehead atoms. The lowest BCUT2D eigenvalue weighted by Gasteiger charge is -2.28. The molecule has 3 atom stereocenters. The fraction of sp³-hybridized carbons (Fsp3) is 0.280. The van der Waals surface area contributed by atoms with Crippen LogP contribution >= 0.6 is 0 Å². The van der Waals surface area contributed by atoms with E-state index in [1.807, 2.05) is 60.7 Å². The summed E-state index contributed by atoms with van der Waals surface area (Å²) < 4.78 is 19.8. The van der Waals surface area contributed by atoms with E-state index in [4.69, 9.17) is 19.9 Å². The minimum Gasteiger partial charge on any atom is -0.374 e. The van der Waals surface area contributed by atoms with Gasteiger partial charge in [-0.2, -0.15) is 0 Å². The summed E-state index contributed by atoms with van der Waals surface area (Å²) in [5.74, 6) is -1.40. The Morgan fingerprint density at radius 2 is 1.73 bits per heavy atom. The van der Waals surface area contributed by atoms with Crippen LogP contribution in [0.25, 0.3) is 5.65 Å². The van der Waals surface area contributed by atoms with Crippen LogP contribution in [0.5, 0.6) is 0 Å². The Hall–Kier alpha value is -3.30. The number of ether oxygens (including phenoxy) is 3. The van der Waals surface area contributed by atoms with E-state index in [0.717, 1.165) is 11.1 Å². The van der Waals surface area contributed by atoms with Crippen molar-refractivity contribution in [1.82, 2.24) is 14.4 Å². The SMILES string of the molecule is Nc1ncnc2cc(C3(O)O[C@H](COCc4ccccc4)C[C@H]3OCc3ccccc3)cn12. The van der Waals surface area contributed by atoms with Crippen LogP contribution in [-0.4, -0.2) is 38.3 Å². The summed E-state index contributed by atoms with van der Waals surface area (Å²) in [7, 11) is 0. The van der Waals surface area contributed by atoms with Gasteiger partial charge in [0.15, 0.2) is 0 Å². The van der Waals surface area contributed by atoms with Crippen LogP contribution < -0.4 is 5.73 Å². The smallest absolute Gasteiger partial charge is 0.221 e. The molecule has 8 heteroatoms. The van der Waals surface area contributed by atoms with Gasteiger partial charge in [-0.05, 0) is 17.2 Å². The van der Waals surface area contributed by atoms with Gasteiger partial charge < -0.3 is 25.1 Å². The number of nitrogens with zero attached hydrogens (tertiary/aromatic N) is 3. The van der Waals surface area contributed by atoms with Crippen LogP contribution in [0.1, 0.15) is 23.1 Å². The molecule has 0 radical (unpaired) electrons. The minimum absolute atomic E-state index is 0.275. The molecule has 0 amide bonds. The van der Waals surface area contributed by atoms with Crippen LogP contribution in [0.4, 0.5) is 5.95 Å². The molecule has 0 spiro atoms. The molecule has 1 aliphatic rings. The number of aromatic nitrogens is 3. The Kier molecular flexibility index (Phi) is 6.06. The first kappa shape index (κ1) is 21.5. The van der Waals surface area contributed by atoms with Gasteiger partial charge in [0.25, 0.3) is 0 Å². The minimum atomic E-state index is -1.67. The molecule has 2 aromatic heterocycles. The van der Waals surface area contributed by atoms with Crippen LogP contribution in [0, 0.1) is 0 Å². The first-order chi connectivity index (χ1) is 16.1. The Morgan fingerprint density at radius 1 is 1.03 bits per heavy atom. The third-order valence-corrected chi connectivity index (χ3v) is 5.81. The van der Waals surface area contributed by atoms with Gasteiger partial charge in [-0.3, -0.25) is 4.40 Å². The van der Waals surface area contributed by atoms with E-state index in [-0.39, 0.29) is 12.1 Å². The maximum Gasteiger partial charge on any atom is 0.221 e. The maximum absolute atomic E-state index is 11.7. The molecule has 33 heavy (non-hydrogen) atoms. The van der Waals surface area contributed by atoms with Crippen molar-refractivity contribution in [2.24, 2.45) is 0 Å². The second kappa shape index (κ2) is 9.29. The van der Waals surface area contributed by atoms with Crippen molar-refractivity contribution >= 4 is 11.6 Å². The molecule has 3 heterocycles. The summed E-state index contributed by atoms with van der Waals surface area (Å²) in [4.78, 5) is 8.23. The topological polar surface area (TPSA) is 104 Å². The van der Waals surface area contributed by atoms with Gasteiger partial charge in [-0.25, -0.2) is 9.97 Å².